The molecule has 2 rings (SSSR count). The predicted molar refractivity (Wildman–Crippen MR) is 158 cm³/mol. The van der Waals surface area contributed by atoms with E-state index in [-0.39, 0.29) is 5.54 Å². The second-order valence-corrected chi connectivity index (χ2v) is 10.7. The first-order valence-corrected chi connectivity index (χ1v) is 13.4. The second kappa shape index (κ2) is 13.4. The molecular formula is C32H49N3. The molecule has 0 aromatic heterocycles. The number of rotatable bonds is 14. The zero-order valence-corrected chi connectivity index (χ0v) is 23.5. The van der Waals surface area contributed by atoms with Crippen LogP contribution in [0.25, 0.3) is 12.7 Å². The van der Waals surface area contributed by atoms with Gasteiger partial charge in [0.2, 0.25) is 0 Å². The summed E-state index contributed by atoms with van der Waals surface area (Å²) in [4.78, 5) is 4.69. The summed E-state index contributed by atoms with van der Waals surface area (Å²) in [5.74, 6) is 0. The van der Waals surface area contributed by atoms with E-state index in [2.05, 4.69) is 119 Å². The lowest BCUT2D eigenvalue weighted by atomic mass is 9.98. The predicted octanol–water partition coefficient (Wildman–Crippen LogP) is 6.37. The van der Waals surface area contributed by atoms with E-state index in [1.807, 2.05) is 0 Å². The molecule has 0 fully saturated rings. The third-order valence-corrected chi connectivity index (χ3v) is 6.79. The zero-order chi connectivity index (χ0) is 26.0. The van der Waals surface area contributed by atoms with Crippen LogP contribution in [0.15, 0.2) is 48.7 Å². The highest BCUT2D eigenvalue weighted by molar-refractivity contribution is 5.62. The fraction of sp³-hybridized carbons (Fsp3) is 0.500. The van der Waals surface area contributed by atoms with E-state index >= 15 is 0 Å². The van der Waals surface area contributed by atoms with Crippen molar-refractivity contribution in [3.8, 4) is 0 Å². The first-order chi connectivity index (χ1) is 16.6. The lowest BCUT2D eigenvalue weighted by molar-refractivity contribution is 0.386. The summed E-state index contributed by atoms with van der Waals surface area (Å²) in [6.45, 7) is 21.8. The highest BCUT2D eigenvalue weighted by Crippen LogP contribution is 2.20. The van der Waals surface area contributed by atoms with Crippen molar-refractivity contribution in [3.05, 3.63) is 70.2 Å². The van der Waals surface area contributed by atoms with Gasteiger partial charge in [0.25, 0.3) is 0 Å². The van der Waals surface area contributed by atoms with Gasteiger partial charge < -0.3 is 15.1 Å². The minimum Gasteiger partial charge on any atom is -0.384 e. The molecule has 0 saturated heterocycles. The number of hydrogen-bond acceptors (Lipinski definition) is 3. The van der Waals surface area contributed by atoms with E-state index in [9.17, 15) is 0 Å². The largest absolute Gasteiger partial charge is 0.384 e. The van der Waals surface area contributed by atoms with Crippen LogP contribution in [0.3, 0.4) is 0 Å². The van der Waals surface area contributed by atoms with Crippen molar-refractivity contribution < 1.29 is 0 Å². The smallest absolute Gasteiger partial charge is 0.0370 e. The van der Waals surface area contributed by atoms with Crippen LogP contribution in [0.5, 0.6) is 0 Å². The van der Waals surface area contributed by atoms with Crippen molar-refractivity contribution in [1.82, 2.24) is 5.32 Å². The second-order valence-electron chi connectivity index (χ2n) is 10.7. The van der Waals surface area contributed by atoms with Gasteiger partial charge in [0.15, 0.2) is 0 Å². The average Bonchev–Trinajstić information content (AvgIpc) is 2.79. The Balaban J connectivity index is 2.12. The molecule has 0 aliphatic rings. The molecule has 0 saturated carbocycles. The Morgan fingerprint density at radius 3 is 2.23 bits per heavy atom. The minimum atomic E-state index is 0.118. The molecular weight excluding hydrogens is 426 g/mol. The molecule has 0 spiro atoms. The highest BCUT2D eigenvalue weighted by Gasteiger charge is 2.16. The van der Waals surface area contributed by atoms with Gasteiger partial charge in [-0.05, 0) is 98.4 Å². The third-order valence-electron chi connectivity index (χ3n) is 6.79. The minimum absolute atomic E-state index is 0.118. The first-order valence-electron chi connectivity index (χ1n) is 13.4. The van der Waals surface area contributed by atoms with E-state index in [1.165, 1.54) is 47.0 Å². The topological polar surface area (TPSA) is 18.5 Å². The van der Waals surface area contributed by atoms with Gasteiger partial charge in [0.1, 0.15) is 0 Å². The molecule has 3 nitrogen and oxygen atoms in total. The summed E-state index contributed by atoms with van der Waals surface area (Å²) in [7, 11) is 4.36. The van der Waals surface area contributed by atoms with Gasteiger partial charge in [-0.2, -0.15) is 0 Å². The number of hydrogen-bond donors (Lipinski definition) is 1. The molecule has 3 heteroatoms. The molecule has 35 heavy (non-hydrogen) atoms. The monoisotopic (exact) mass is 475 g/mol. The van der Waals surface area contributed by atoms with Crippen LogP contribution >= 0.6 is 0 Å². The maximum atomic E-state index is 4.30. The number of allylic oxidation sites excluding steroid dienone is 1. The Morgan fingerprint density at radius 1 is 0.943 bits per heavy atom. The Labute approximate surface area is 215 Å². The van der Waals surface area contributed by atoms with E-state index in [1.54, 1.807) is 0 Å². The maximum Gasteiger partial charge on any atom is 0.0370 e. The van der Waals surface area contributed by atoms with Crippen LogP contribution in [0.1, 0.15) is 77.3 Å². The molecule has 1 N–H and O–H groups in total. The summed E-state index contributed by atoms with van der Waals surface area (Å²) in [6.07, 6.45) is 9.09. The standard InChI is InChI=1S/C32H49N3/c1-10-12-20-34(8)30-17-15-25(3)28(23-30)22-29-24-31(18-16-26(29)4)35(9)21-13-14-27(5)33-32(6,7)19-11-2/h15-18,22-24,33H,4-5,10-14,19-21H2,1-3,6-9H3/b29-22-. The maximum absolute atomic E-state index is 4.30. The number of benzene rings is 2. The fourth-order valence-corrected chi connectivity index (χ4v) is 4.55. The van der Waals surface area contributed by atoms with E-state index in [0.717, 1.165) is 43.3 Å². The summed E-state index contributed by atoms with van der Waals surface area (Å²) in [5, 5.41) is 5.85. The number of unbranched alkanes of at least 4 members (excludes halogenated alkanes) is 1. The van der Waals surface area contributed by atoms with Gasteiger partial charge in [-0.15, -0.1) is 0 Å². The Bertz CT molecular complexity index is 1070. The molecule has 0 atom stereocenters. The summed E-state index contributed by atoms with van der Waals surface area (Å²) in [6, 6.07) is 13.3. The van der Waals surface area contributed by atoms with Gasteiger partial charge in [-0.1, -0.05) is 52.0 Å². The molecule has 0 radical (unpaired) electrons. The van der Waals surface area contributed by atoms with Crippen molar-refractivity contribution in [2.75, 3.05) is 37.0 Å². The lowest BCUT2D eigenvalue weighted by Gasteiger charge is -2.28. The molecule has 0 amide bonds. The quantitative estimate of drug-likeness (QED) is 0.342. The van der Waals surface area contributed by atoms with Crippen molar-refractivity contribution in [3.63, 3.8) is 0 Å². The Hall–Kier alpha value is -2.68. The van der Waals surface area contributed by atoms with E-state index in [4.69, 9.17) is 0 Å². The molecule has 192 valence electrons. The Morgan fingerprint density at radius 2 is 1.57 bits per heavy atom. The third kappa shape index (κ3) is 9.12. The molecule has 0 heterocycles. The fourth-order valence-electron chi connectivity index (χ4n) is 4.55. The van der Waals surface area contributed by atoms with Crippen LogP contribution in [0, 0.1) is 6.92 Å². The van der Waals surface area contributed by atoms with Crippen LogP contribution in [-0.2, 0) is 0 Å². The zero-order valence-electron chi connectivity index (χ0n) is 23.5. The van der Waals surface area contributed by atoms with Gasteiger partial charge in [0, 0.05) is 49.8 Å². The number of aryl methyl sites for hydroxylation is 1. The molecule has 0 bridgehead atoms. The van der Waals surface area contributed by atoms with Crippen molar-refractivity contribution in [2.45, 2.75) is 78.7 Å². The molecule has 0 aliphatic heterocycles. The Kier molecular flexibility index (Phi) is 10.9. The van der Waals surface area contributed by atoms with Crippen LogP contribution in [-0.4, -0.2) is 32.7 Å². The van der Waals surface area contributed by atoms with Crippen LogP contribution in [0.2, 0.25) is 0 Å². The number of anilines is 2. The number of nitrogens with zero attached hydrogens (tertiary/aromatic N) is 2. The molecule has 0 aliphatic carbocycles. The summed E-state index contributed by atoms with van der Waals surface area (Å²) < 4.78 is 0. The van der Waals surface area contributed by atoms with Crippen LogP contribution in [0.4, 0.5) is 11.4 Å². The van der Waals surface area contributed by atoms with Gasteiger partial charge in [-0.25, -0.2) is 0 Å². The van der Waals surface area contributed by atoms with Crippen molar-refractivity contribution >= 4 is 24.0 Å². The highest BCUT2D eigenvalue weighted by atomic mass is 15.1. The van der Waals surface area contributed by atoms with Gasteiger partial charge in [-0.3, -0.25) is 0 Å². The molecule has 2 aromatic carbocycles. The molecule has 2 aromatic rings. The SMILES string of the molecule is C=C(CCCN(C)c1ccc(=C)/c(=C\c2cc(N(C)CCCC)ccc2C)c1)NC(C)(C)CCC. The van der Waals surface area contributed by atoms with Gasteiger partial charge >= 0.3 is 0 Å². The normalized spacial score (nSPS) is 12.0. The van der Waals surface area contributed by atoms with Crippen molar-refractivity contribution in [2.24, 2.45) is 0 Å². The first kappa shape index (κ1) is 28.6. The lowest BCUT2D eigenvalue weighted by Crippen LogP contribution is -2.38. The van der Waals surface area contributed by atoms with Crippen molar-refractivity contribution in [1.29, 1.82) is 0 Å². The summed E-state index contributed by atoms with van der Waals surface area (Å²) in [5.41, 5.74) is 6.29. The van der Waals surface area contributed by atoms with Crippen LogP contribution < -0.4 is 25.6 Å². The molecule has 0 unspecified atom stereocenters. The number of nitrogens with one attached hydrogen (secondary N) is 1. The summed E-state index contributed by atoms with van der Waals surface area (Å²) >= 11 is 0. The van der Waals surface area contributed by atoms with E-state index < -0.39 is 0 Å². The average molecular weight is 476 g/mol. The van der Waals surface area contributed by atoms with E-state index in [0.29, 0.717) is 0 Å². The van der Waals surface area contributed by atoms with Gasteiger partial charge in [0.05, 0.1) is 0 Å².